The maximum absolute atomic E-state index is 12.7. The van der Waals surface area contributed by atoms with E-state index in [1.165, 1.54) is 12.8 Å². The van der Waals surface area contributed by atoms with Crippen molar-refractivity contribution in [1.82, 2.24) is 14.9 Å². The zero-order chi connectivity index (χ0) is 23.6. The number of rotatable bonds is 5. The molecule has 1 amide bonds. The van der Waals surface area contributed by atoms with Crippen LogP contribution >= 0.6 is 23.4 Å². The molecule has 2 aliphatic rings. The number of likely N-dealkylation sites (tertiary alicyclic amines) is 1. The Morgan fingerprint density at radius 3 is 2.61 bits per heavy atom. The minimum atomic E-state index is -0.480. The smallest absolute Gasteiger partial charge is 0.410 e. The third-order valence-corrected chi connectivity index (χ3v) is 7.77. The van der Waals surface area contributed by atoms with Crippen molar-refractivity contribution in [3.05, 3.63) is 33.3 Å². The molecule has 7 nitrogen and oxygen atoms in total. The van der Waals surface area contributed by atoms with Crippen molar-refractivity contribution in [2.75, 3.05) is 18.4 Å². The predicted octanol–water partition coefficient (Wildman–Crippen LogP) is 5.56. The largest absolute Gasteiger partial charge is 0.444 e. The first-order valence-corrected chi connectivity index (χ1v) is 13.2. The molecule has 1 aliphatic heterocycles. The van der Waals surface area contributed by atoms with Gasteiger partial charge in [-0.05, 0) is 58.6 Å². The number of carbonyl (C=O) groups is 1. The molecule has 0 spiro atoms. The summed E-state index contributed by atoms with van der Waals surface area (Å²) in [6.07, 6.45) is 6.35. The van der Waals surface area contributed by atoms with E-state index < -0.39 is 5.60 Å². The number of nitrogens with zero attached hydrogens (tertiary/aromatic N) is 2. The Bertz CT molecular complexity index is 1050. The number of carbonyl (C=O) groups excluding carboxylic acids is 1. The van der Waals surface area contributed by atoms with Gasteiger partial charge in [0.2, 0.25) is 0 Å². The number of H-pyrrole nitrogens is 1. The van der Waals surface area contributed by atoms with E-state index in [-0.39, 0.29) is 11.7 Å². The van der Waals surface area contributed by atoms with Crippen LogP contribution in [0.15, 0.2) is 16.9 Å². The SMILES string of the molecule is CC(C)(C)OC(=O)N1CCC(SCc2nc3cc(NC4CCCC4)cc(Cl)c3c(=O)[nH]2)CC1. The van der Waals surface area contributed by atoms with Crippen molar-refractivity contribution in [3.63, 3.8) is 0 Å². The highest BCUT2D eigenvalue weighted by molar-refractivity contribution is 7.99. The normalized spacial score (nSPS) is 18.1. The summed E-state index contributed by atoms with van der Waals surface area (Å²) < 4.78 is 5.47. The number of fused-ring (bicyclic) bond motifs is 1. The number of nitrogens with one attached hydrogen (secondary N) is 2. The molecule has 180 valence electrons. The van der Waals surface area contributed by atoms with Crippen LogP contribution in [0, 0.1) is 0 Å². The second kappa shape index (κ2) is 10.1. The predicted molar refractivity (Wildman–Crippen MR) is 135 cm³/mol. The summed E-state index contributed by atoms with van der Waals surface area (Å²) in [7, 11) is 0. The van der Waals surface area contributed by atoms with Crippen molar-refractivity contribution in [2.45, 2.75) is 81.9 Å². The minimum absolute atomic E-state index is 0.201. The van der Waals surface area contributed by atoms with E-state index in [1.807, 2.05) is 32.9 Å². The number of amides is 1. The molecule has 33 heavy (non-hydrogen) atoms. The summed E-state index contributed by atoms with van der Waals surface area (Å²) in [6.45, 7) is 7.00. The molecule has 1 aliphatic carbocycles. The molecular formula is C24H33ClN4O3S. The molecule has 1 saturated heterocycles. The van der Waals surface area contributed by atoms with E-state index in [9.17, 15) is 9.59 Å². The fraction of sp³-hybridized carbons (Fsp3) is 0.625. The lowest BCUT2D eigenvalue weighted by Gasteiger charge is -2.33. The summed E-state index contributed by atoms with van der Waals surface area (Å²) in [4.78, 5) is 34.3. The monoisotopic (exact) mass is 492 g/mol. The molecule has 2 aromatic rings. The quantitative estimate of drug-likeness (QED) is 0.567. The van der Waals surface area contributed by atoms with E-state index in [2.05, 4.69) is 10.3 Å². The third-order valence-electron chi connectivity index (χ3n) is 6.09. The summed E-state index contributed by atoms with van der Waals surface area (Å²) in [5.41, 5.74) is 0.867. The standard InChI is InChI=1S/C24H33ClN4O3S/c1-24(2,3)32-23(31)29-10-8-17(9-11-29)33-14-20-27-19-13-16(26-15-6-4-5-7-15)12-18(25)21(19)22(30)28-20/h12-13,15,17,26H,4-11,14H2,1-3H3,(H,27,28,30). The van der Waals surface area contributed by atoms with Gasteiger partial charge in [0.25, 0.3) is 5.56 Å². The lowest BCUT2D eigenvalue weighted by molar-refractivity contribution is 0.0219. The molecule has 2 N–H and O–H groups in total. The Balaban J connectivity index is 1.38. The summed E-state index contributed by atoms with van der Waals surface area (Å²) in [5, 5.41) is 4.81. The molecule has 0 atom stereocenters. The molecular weight excluding hydrogens is 460 g/mol. The van der Waals surface area contributed by atoms with Crippen LogP contribution in [-0.4, -0.2) is 50.9 Å². The average molecular weight is 493 g/mol. The molecule has 9 heteroatoms. The van der Waals surface area contributed by atoms with Gasteiger partial charge in [-0.1, -0.05) is 24.4 Å². The number of aromatic nitrogens is 2. The van der Waals surface area contributed by atoms with Crippen LogP contribution < -0.4 is 10.9 Å². The number of anilines is 1. The fourth-order valence-electron chi connectivity index (χ4n) is 4.46. The van der Waals surface area contributed by atoms with Crippen molar-refractivity contribution in [3.8, 4) is 0 Å². The van der Waals surface area contributed by atoms with E-state index in [0.29, 0.717) is 51.9 Å². The maximum atomic E-state index is 12.7. The Morgan fingerprint density at radius 2 is 1.94 bits per heavy atom. The zero-order valence-corrected chi connectivity index (χ0v) is 21.2. The van der Waals surface area contributed by atoms with Crippen molar-refractivity contribution >= 4 is 46.0 Å². The zero-order valence-electron chi connectivity index (χ0n) is 19.6. The summed E-state index contributed by atoms with van der Waals surface area (Å²) >= 11 is 8.20. The number of hydrogen-bond acceptors (Lipinski definition) is 6. The number of hydrogen-bond donors (Lipinski definition) is 2. The van der Waals surface area contributed by atoms with Crippen LogP contribution in [0.3, 0.4) is 0 Å². The van der Waals surface area contributed by atoms with Crippen LogP contribution in [0.4, 0.5) is 10.5 Å². The first kappa shape index (κ1) is 24.2. The van der Waals surface area contributed by atoms with Gasteiger partial charge < -0.3 is 19.9 Å². The average Bonchev–Trinajstić information content (AvgIpc) is 3.24. The molecule has 2 heterocycles. The van der Waals surface area contributed by atoms with Crippen LogP contribution in [-0.2, 0) is 10.5 Å². The second-order valence-electron chi connectivity index (χ2n) is 9.97. The number of benzene rings is 1. The molecule has 1 aromatic carbocycles. The maximum Gasteiger partial charge on any atom is 0.410 e. The molecule has 0 unspecified atom stereocenters. The molecule has 1 saturated carbocycles. The Hall–Kier alpha value is -1.93. The van der Waals surface area contributed by atoms with Crippen molar-refractivity contribution in [1.29, 1.82) is 0 Å². The second-order valence-corrected chi connectivity index (χ2v) is 11.7. The Morgan fingerprint density at radius 1 is 1.24 bits per heavy atom. The summed E-state index contributed by atoms with van der Waals surface area (Å²) in [6, 6.07) is 4.22. The van der Waals surface area contributed by atoms with Gasteiger partial charge in [-0.25, -0.2) is 9.78 Å². The van der Waals surface area contributed by atoms with E-state index in [4.69, 9.17) is 21.3 Å². The van der Waals surface area contributed by atoms with Crippen molar-refractivity contribution < 1.29 is 9.53 Å². The highest BCUT2D eigenvalue weighted by Crippen LogP contribution is 2.30. The van der Waals surface area contributed by atoms with Crippen LogP contribution in [0.1, 0.15) is 65.1 Å². The van der Waals surface area contributed by atoms with Crippen LogP contribution in [0.5, 0.6) is 0 Å². The molecule has 0 radical (unpaired) electrons. The molecule has 1 aromatic heterocycles. The van der Waals surface area contributed by atoms with Gasteiger partial charge in [-0.2, -0.15) is 11.8 Å². The number of halogens is 1. The van der Waals surface area contributed by atoms with Gasteiger partial charge in [-0.15, -0.1) is 0 Å². The number of aromatic amines is 1. The molecule has 0 bridgehead atoms. The topological polar surface area (TPSA) is 87.3 Å². The number of thioether (sulfide) groups is 1. The first-order chi connectivity index (χ1) is 15.7. The highest BCUT2D eigenvalue weighted by atomic mass is 35.5. The molecule has 2 fully saturated rings. The Labute approximate surface area is 204 Å². The van der Waals surface area contributed by atoms with Gasteiger partial charge in [-0.3, -0.25) is 4.79 Å². The van der Waals surface area contributed by atoms with E-state index in [0.717, 1.165) is 31.4 Å². The van der Waals surface area contributed by atoms with Gasteiger partial charge in [0, 0.05) is 30.1 Å². The first-order valence-electron chi connectivity index (χ1n) is 11.8. The third kappa shape index (κ3) is 6.35. The Kier molecular flexibility index (Phi) is 7.43. The highest BCUT2D eigenvalue weighted by Gasteiger charge is 2.27. The molecule has 4 rings (SSSR count). The van der Waals surface area contributed by atoms with Crippen LogP contribution in [0.2, 0.25) is 5.02 Å². The van der Waals surface area contributed by atoms with Gasteiger partial charge in [0.15, 0.2) is 0 Å². The summed E-state index contributed by atoms with van der Waals surface area (Å²) in [5.74, 6) is 1.27. The van der Waals surface area contributed by atoms with E-state index >= 15 is 0 Å². The number of piperidine rings is 1. The van der Waals surface area contributed by atoms with Crippen LogP contribution in [0.25, 0.3) is 10.9 Å². The van der Waals surface area contributed by atoms with Gasteiger partial charge >= 0.3 is 6.09 Å². The van der Waals surface area contributed by atoms with E-state index in [1.54, 1.807) is 16.7 Å². The lowest BCUT2D eigenvalue weighted by atomic mass is 10.1. The fourth-order valence-corrected chi connectivity index (χ4v) is 5.83. The van der Waals surface area contributed by atoms with Crippen molar-refractivity contribution in [2.24, 2.45) is 0 Å². The minimum Gasteiger partial charge on any atom is -0.444 e. The van der Waals surface area contributed by atoms with Gasteiger partial charge in [0.05, 0.1) is 21.7 Å². The van der Waals surface area contributed by atoms with Gasteiger partial charge in [0.1, 0.15) is 11.4 Å². The lowest BCUT2D eigenvalue weighted by Crippen LogP contribution is -2.42. The number of ether oxygens (including phenoxy) is 1.